The third kappa shape index (κ3) is 3.40. The first-order valence-electron chi connectivity index (χ1n) is 8.69. The maximum atomic E-state index is 12.3. The Morgan fingerprint density at radius 3 is 2.76 bits per heavy atom. The lowest BCUT2D eigenvalue weighted by Crippen LogP contribution is -2.14. The number of nitrogens with zero attached hydrogens (tertiary/aromatic N) is 1. The van der Waals surface area contributed by atoms with Gasteiger partial charge in [0.05, 0.1) is 6.67 Å². The number of carbonyl (C=O) groups excluding carboxylic acids is 1. The molecule has 2 N–H and O–H groups in total. The third-order valence-corrected chi connectivity index (χ3v) is 4.59. The number of aromatic amines is 1. The van der Waals surface area contributed by atoms with Crippen molar-refractivity contribution in [1.82, 2.24) is 9.97 Å². The number of anilines is 1. The molecule has 0 spiro atoms. The molecule has 1 aliphatic carbocycles. The summed E-state index contributed by atoms with van der Waals surface area (Å²) in [6, 6.07) is 12.1. The highest BCUT2D eigenvalue weighted by Crippen LogP contribution is 2.33. The maximum absolute atomic E-state index is 12.3. The van der Waals surface area contributed by atoms with E-state index in [-0.39, 0.29) is 18.5 Å². The molecular weight excluding hydrogens is 317 g/mol. The molecule has 0 unspecified atom stereocenters. The van der Waals surface area contributed by atoms with E-state index in [9.17, 15) is 9.18 Å². The molecule has 1 saturated carbocycles. The van der Waals surface area contributed by atoms with Crippen molar-refractivity contribution in [2.75, 3.05) is 12.0 Å². The van der Waals surface area contributed by atoms with Gasteiger partial charge in [-0.15, -0.1) is 0 Å². The fraction of sp³-hybridized carbons (Fsp3) is 0.300. The van der Waals surface area contributed by atoms with Crippen LogP contribution in [0, 0.1) is 5.92 Å². The van der Waals surface area contributed by atoms with E-state index in [0.29, 0.717) is 12.2 Å². The number of alkyl halides is 1. The lowest BCUT2D eigenvalue weighted by Gasteiger charge is -2.09. The molecule has 0 radical (unpaired) electrons. The zero-order valence-corrected chi connectivity index (χ0v) is 13.9. The number of halogens is 1. The van der Waals surface area contributed by atoms with Crippen LogP contribution in [0.25, 0.3) is 22.2 Å². The van der Waals surface area contributed by atoms with Gasteiger partial charge in [-0.2, -0.15) is 0 Å². The second-order valence-corrected chi connectivity index (χ2v) is 6.55. The molecule has 2 heterocycles. The van der Waals surface area contributed by atoms with E-state index in [1.807, 2.05) is 42.6 Å². The minimum atomic E-state index is -0.292. The van der Waals surface area contributed by atoms with Gasteiger partial charge in [0.2, 0.25) is 5.91 Å². The molecular formula is C20H20FN3O. The van der Waals surface area contributed by atoms with Gasteiger partial charge in [0, 0.05) is 17.5 Å². The number of aryl methyl sites for hydroxylation is 1. The molecule has 0 bridgehead atoms. The molecule has 1 aromatic carbocycles. The number of amides is 1. The van der Waals surface area contributed by atoms with Gasteiger partial charge in [0.15, 0.2) is 0 Å². The predicted molar refractivity (Wildman–Crippen MR) is 97.2 cm³/mol. The molecule has 1 amide bonds. The van der Waals surface area contributed by atoms with Crippen molar-refractivity contribution in [2.45, 2.75) is 25.7 Å². The number of hydrogen-bond acceptors (Lipinski definition) is 2. The molecule has 0 saturated heterocycles. The first-order valence-corrected chi connectivity index (χ1v) is 8.69. The van der Waals surface area contributed by atoms with Gasteiger partial charge in [-0.25, -0.2) is 4.98 Å². The fourth-order valence-electron chi connectivity index (χ4n) is 3.04. The predicted octanol–water partition coefficient (Wildman–Crippen LogP) is 4.48. The Labute approximate surface area is 145 Å². The lowest BCUT2D eigenvalue weighted by molar-refractivity contribution is -0.117. The van der Waals surface area contributed by atoms with E-state index < -0.39 is 0 Å². The number of carbonyl (C=O) groups is 1. The first-order chi connectivity index (χ1) is 12.2. The Morgan fingerprint density at radius 1 is 1.24 bits per heavy atom. The van der Waals surface area contributed by atoms with Crippen LogP contribution in [0.4, 0.5) is 10.2 Å². The van der Waals surface area contributed by atoms with Gasteiger partial charge in [-0.3, -0.25) is 9.18 Å². The smallest absolute Gasteiger partial charge is 0.228 e. The molecule has 4 nitrogen and oxygen atoms in total. The molecule has 1 fully saturated rings. The van der Waals surface area contributed by atoms with Crippen molar-refractivity contribution in [3.63, 3.8) is 0 Å². The Hall–Kier alpha value is -2.69. The summed E-state index contributed by atoms with van der Waals surface area (Å²) >= 11 is 0. The van der Waals surface area contributed by atoms with Gasteiger partial charge < -0.3 is 10.3 Å². The van der Waals surface area contributed by atoms with Crippen LogP contribution in [0.5, 0.6) is 0 Å². The van der Waals surface area contributed by atoms with Crippen molar-refractivity contribution in [1.29, 1.82) is 0 Å². The van der Waals surface area contributed by atoms with Crippen molar-refractivity contribution < 1.29 is 9.18 Å². The number of pyridine rings is 1. The average molecular weight is 337 g/mol. The van der Waals surface area contributed by atoms with Crippen molar-refractivity contribution in [3.05, 3.63) is 48.2 Å². The van der Waals surface area contributed by atoms with E-state index >= 15 is 0 Å². The summed E-state index contributed by atoms with van der Waals surface area (Å²) in [5.41, 5.74) is 3.96. The minimum absolute atomic E-state index is 0.0472. The van der Waals surface area contributed by atoms with Gasteiger partial charge >= 0.3 is 0 Å². The summed E-state index contributed by atoms with van der Waals surface area (Å²) < 4.78 is 12.3. The molecule has 5 heteroatoms. The zero-order chi connectivity index (χ0) is 17.2. The molecule has 25 heavy (non-hydrogen) atoms. The number of aromatic nitrogens is 2. The summed E-state index contributed by atoms with van der Waals surface area (Å²) in [7, 11) is 0. The van der Waals surface area contributed by atoms with Crippen LogP contribution >= 0.6 is 0 Å². The maximum Gasteiger partial charge on any atom is 0.228 e. The Bertz CT molecular complexity index is 897. The average Bonchev–Trinajstić information content (AvgIpc) is 3.38. The van der Waals surface area contributed by atoms with E-state index in [4.69, 9.17) is 0 Å². The van der Waals surface area contributed by atoms with Crippen LogP contribution in [0.3, 0.4) is 0 Å². The summed E-state index contributed by atoms with van der Waals surface area (Å²) in [6.07, 6.45) is 5.07. The quantitative estimate of drug-likeness (QED) is 0.697. The summed E-state index contributed by atoms with van der Waals surface area (Å²) in [6.45, 7) is -0.292. The van der Waals surface area contributed by atoms with E-state index in [1.165, 1.54) is 0 Å². The lowest BCUT2D eigenvalue weighted by atomic mass is 10.0. The topological polar surface area (TPSA) is 57.8 Å². The number of hydrogen-bond donors (Lipinski definition) is 2. The summed E-state index contributed by atoms with van der Waals surface area (Å²) in [5, 5.41) is 3.94. The Balaban J connectivity index is 1.67. The van der Waals surface area contributed by atoms with Gasteiger partial charge in [0.25, 0.3) is 0 Å². The molecule has 0 aliphatic heterocycles. The minimum Gasteiger partial charge on any atom is -0.346 e. The standard InChI is InChI=1S/C20H20FN3O/c21-10-1-2-13-3-5-14(6-4-13)17-12-18(24-20(25)15-7-8-15)23-19-16(17)9-11-22-19/h3-6,9,11-12,15H,1-2,7-8,10H2,(H2,22,23,24,25). The highest BCUT2D eigenvalue weighted by Gasteiger charge is 2.30. The Kier molecular flexibility index (Phi) is 4.22. The molecule has 3 aromatic rings. The second kappa shape index (κ2) is 6.67. The normalized spacial score (nSPS) is 14.0. The SMILES string of the molecule is O=C(Nc1cc(-c2ccc(CCCF)cc2)c2cc[nH]c2n1)C1CC1. The number of nitrogens with one attached hydrogen (secondary N) is 2. The number of H-pyrrole nitrogens is 1. The molecule has 4 rings (SSSR count). The monoisotopic (exact) mass is 337 g/mol. The summed E-state index contributed by atoms with van der Waals surface area (Å²) in [5.74, 6) is 0.758. The van der Waals surface area contributed by atoms with Crippen LogP contribution in [0.2, 0.25) is 0 Å². The Morgan fingerprint density at radius 2 is 2.04 bits per heavy atom. The van der Waals surface area contributed by atoms with Crippen molar-refractivity contribution >= 4 is 22.8 Å². The largest absolute Gasteiger partial charge is 0.346 e. The van der Waals surface area contributed by atoms with E-state index in [1.54, 1.807) is 0 Å². The highest BCUT2D eigenvalue weighted by atomic mass is 19.1. The van der Waals surface area contributed by atoms with E-state index in [0.717, 1.165) is 47.0 Å². The van der Waals surface area contributed by atoms with Gasteiger partial charge in [-0.1, -0.05) is 24.3 Å². The first kappa shape index (κ1) is 15.8. The number of fused-ring (bicyclic) bond motifs is 1. The van der Waals surface area contributed by atoms with Crippen LogP contribution in [-0.4, -0.2) is 22.5 Å². The van der Waals surface area contributed by atoms with Gasteiger partial charge in [0.1, 0.15) is 11.5 Å². The number of benzene rings is 1. The van der Waals surface area contributed by atoms with Crippen LogP contribution in [0.15, 0.2) is 42.6 Å². The fourth-order valence-corrected chi connectivity index (χ4v) is 3.04. The molecule has 128 valence electrons. The molecule has 2 aromatic heterocycles. The van der Waals surface area contributed by atoms with Crippen LogP contribution in [-0.2, 0) is 11.2 Å². The summed E-state index contributed by atoms with van der Waals surface area (Å²) in [4.78, 5) is 19.7. The molecule has 1 aliphatic rings. The highest BCUT2D eigenvalue weighted by molar-refractivity contribution is 5.98. The van der Waals surface area contributed by atoms with E-state index in [2.05, 4.69) is 15.3 Å². The zero-order valence-electron chi connectivity index (χ0n) is 13.9. The molecule has 0 atom stereocenters. The van der Waals surface area contributed by atoms with Crippen LogP contribution in [0.1, 0.15) is 24.8 Å². The third-order valence-electron chi connectivity index (χ3n) is 4.59. The van der Waals surface area contributed by atoms with Crippen LogP contribution < -0.4 is 5.32 Å². The van der Waals surface area contributed by atoms with Crippen molar-refractivity contribution in [3.8, 4) is 11.1 Å². The number of rotatable bonds is 6. The van der Waals surface area contributed by atoms with Gasteiger partial charge in [-0.05, 0) is 54.5 Å². The second-order valence-electron chi connectivity index (χ2n) is 6.55. The van der Waals surface area contributed by atoms with Crippen molar-refractivity contribution in [2.24, 2.45) is 5.92 Å².